The zero-order valence-corrected chi connectivity index (χ0v) is 15.2. The fourth-order valence-electron chi connectivity index (χ4n) is 2.60. The number of nitrogens with zero attached hydrogens (tertiary/aromatic N) is 2. The van der Waals surface area contributed by atoms with Gasteiger partial charge in [0.05, 0.1) is 9.88 Å². The number of rotatable bonds is 5. The van der Waals surface area contributed by atoms with Gasteiger partial charge in [0.15, 0.2) is 0 Å². The Hall–Kier alpha value is -1.72. The highest BCUT2D eigenvalue weighted by Crippen LogP contribution is 2.28. The van der Waals surface area contributed by atoms with Gasteiger partial charge in [-0.05, 0) is 38.3 Å². The zero-order chi connectivity index (χ0) is 16.4. The Labute approximate surface area is 144 Å². The summed E-state index contributed by atoms with van der Waals surface area (Å²) in [6.07, 6.45) is 2.63. The third-order valence-electron chi connectivity index (χ3n) is 3.82. The number of carbonyl (C=O) groups is 1. The summed E-state index contributed by atoms with van der Waals surface area (Å²) in [5.41, 5.74) is 1.22. The predicted octanol–water partition coefficient (Wildman–Crippen LogP) is 4.76. The lowest BCUT2D eigenvalue weighted by Crippen LogP contribution is -2.38. The minimum atomic E-state index is 0.121. The van der Waals surface area contributed by atoms with Crippen LogP contribution in [0.15, 0.2) is 35.8 Å². The van der Waals surface area contributed by atoms with E-state index in [9.17, 15) is 4.79 Å². The van der Waals surface area contributed by atoms with E-state index in [1.807, 2.05) is 22.5 Å². The fourth-order valence-corrected chi connectivity index (χ4v) is 4.21. The van der Waals surface area contributed by atoms with E-state index in [-0.39, 0.29) is 11.9 Å². The summed E-state index contributed by atoms with van der Waals surface area (Å²) in [6.45, 7) is 6.92. The maximum Gasteiger partial charge on any atom is 0.264 e. The number of amides is 1. The summed E-state index contributed by atoms with van der Waals surface area (Å²) >= 11 is 3.22. The van der Waals surface area contributed by atoms with Gasteiger partial charge in [0, 0.05) is 35.3 Å². The van der Waals surface area contributed by atoms with Crippen molar-refractivity contribution in [1.29, 1.82) is 0 Å². The topological polar surface area (TPSA) is 33.2 Å². The minimum Gasteiger partial charge on any atom is -0.335 e. The first kappa shape index (κ1) is 16.1. The fraction of sp³-hybridized carbons (Fsp3) is 0.333. The molecule has 3 rings (SSSR count). The number of aryl methyl sites for hydroxylation is 1. The molecule has 2 heterocycles. The molecule has 0 spiro atoms. The molecule has 0 radical (unpaired) electrons. The van der Waals surface area contributed by atoms with E-state index in [0.29, 0.717) is 6.54 Å². The molecule has 3 aromatic rings. The Bertz CT molecular complexity index is 806. The maximum atomic E-state index is 12.9. The van der Waals surface area contributed by atoms with Crippen LogP contribution in [0.3, 0.4) is 0 Å². The Balaban J connectivity index is 1.81. The summed E-state index contributed by atoms with van der Waals surface area (Å²) in [5.74, 6) is 0.121. The highest BCUT2D eigenvalue weighted by Gasteiger charge is 2.21. The average molecular weight is 345 g/mol. The van der Waals surface area contributed by atoms with Crippen molar-refractivity contribution < 1.29 is 4.79 Å². The van der Waals surface area contributed by atoms with Gasteiger partial charge >= 0.3 is 0 Å². The predicted molar refractivity (Wildman–Crippen MR) is 98.6 cm³/mol. The Morgan fingerprint density at radius 3 is 2.83 bits per heavy atom. The first-order chi connectivity index (χ1) is 11.0. The van der Waals surface area contributed by atoms with Gasteiger partial charge in [0.1, 0.15) is 0 Å². The first-order valence-corrected chi connectivity index (χ1v) is 9.44. The smallest absolute Gasteiger partial charge is 0.264 e. The highest BCUT2D eigenvalue weighted by molar-refractivity contribution is 7.20. The molecule has 1 amide bonds. The van der Waals surface area contributed by atoms with Crippen molar-refractivity contribution in [2.75, 3.05) is 6.54 Å². The van der Waals surface area contributed by atoms with E-state index in [4.69, 9.17) is 0 Å². The van der Waals surface area contributed by atoms with Crippen molar-refractivity contribution in [3.8, 4) is 0 Å². The summed E-state index contributed by atoms with van der Waals surface area (Å²) in [5, 5.41) is 4.21. The molecule has 0 atom stereocenters. The molecule has 0 aliphatic heterocycles. The van der Waals surface area contributed by atoms with Crippen LogP contribution in [-0.2, 0) is 6.42 Å². The quantitative estimate of drug-likeness (QED) is 0.668. The van der Waals surface area contributed by atoms with Crippen molar-refractivity contribution >= 4 is 38.7 Å². The van der Waals surface area contributed by atoms with Gasteiger partial charge in [0.2, 0.25) is 0 Å². The van der Waals surface area contributed by atoms with Crippen molar-refractivity contribution in [1.82, 2.24) is 9.88 Å². The lowest BCUT2D eigenvalue weighted by atomic mass is 10.2. The second-order valence-electron chi connectivity index (χ2n) is 5.92. The normalized spacial score (nSPS) is 11.3. The molecular formula is C18H20N2OS2. The van der Waals surface area contributed by atoms with Gasteiger partial charge in [-0.25, -0.2) is 4.98 Å². The van der Waals surface area contributed by atoms with Crippen LogP contribution in [0.5, 0.6) is 0 Å². The van der Waals surface area contributed by atoms with Crippen molar-refractivity contribution in [3.63, 3.8) is 0 Å². The molecule has 0 bridgehead atoms. The minimum absolute atomic E-state index is 0.121. The number of carbonyl (C=O) groups excluding carboxylic acids is 1. The SMILES string of the molecule is Cc1ccc2sc(C(=O)N(CCc3nccs3)C(C)C)cc2c1. The number of thiophene rings is 1. The van der Waals surface area contributed by atoms with E-state index in [1.165, 1.54) is 10.3 Å². The lowest BCUT2D eigenvalue weighted by molar-refractivity contribution is 0.0713. The largest absolute Gasteiger partial charge is 0.335 e. The summed E-state index contributed by atoms with van der Waals surface area (Å²) in [4.78, 5) is 20.0. The third kappa shape index (κ3) is 3.62. The number of fused-ring (bicyclic) bond motifs is 1. The van der Waals surface area contributed by atoms with Crippen LogP contribution < -0.4 is 0 Å². The highest BCUT2D eigenvalue weighted by atomic mass is 32.1. The molecular weight excluding hydrogens is 324 g/mol. The van der Waals surface area contributed by atoms with Crippen LogP contribution >= 0.6 is 22.7 Å². The molecule has 2 aromatic heterocycles. The van der Waals surface area contributed by atoms with Crippen molar-refractivity contribution in [3.05, 3.63) is 51.3 Å². The molecule has 5 heteroatoms. The number of aromatic nitrogens is 1. The van der Waals surface area contributed by atoms with E-state index in [0.717, 1.165) is 21.7 Å². The van der Waals surface area contributed by atoms with E-state index in [2.05, 4.69) is 44.0 Å². The van der Waals surface area contributed by atoms with Gasteiger partial charge < -0.3 is 4.90 Å². The molecule has 120 valence electrons. The molecule has 1 aromatic carbocycles. The van der Waals surface area contributed by atoms with E-state index in [1.54, 1.807) is 22.7 Å². The van der Waals surface area contributed by atoms with Crippen LogP contribution in [0.1, 0.15) is 34.1 Å². The second-order valence-corrected chi connectivity index (χ2v) is 7.98. The second kappa shape index (κ2) is 6.81. The maximum absolute atomic E-state index is 12.9. The van der Waals surface area contributed by atoms with E-state index < -0.39 is 0 Å². The molecule has 0 unspecified atom stereocenters. The Morgan fingerprint density at radius 1 is 1.30 bits per heavy atom. The number of hydrogen-bond acceptors (Lipinski definition) is 4. The lowest BCUT2D eigenvalue weighted by Gasteiger charge is -2.25. The van der Waals surface area contributed by atoms with E-state index >= 15 is 0 Å². The molecule has 23 heavy (non-hydrogen) atoms. The van der Waals surface area contributed by atoms with Crippen LogP contribution in [-0.4, -0.2) is 28.4 Å². The Kier molecular flexibility index (Phi) is 4.78. The molecule has 0 saturated heterocycles. The van der Waals surface area contributed by atoms with Crippen LogP contribution in [0, 0.1) is 6.92 Å². The van der Waals surface area contributed by atoms with Crippen LogP contribution in [0.25, 0.3) is 10.1 Å². The van der Waals surface area contributed by atoms with Crippen LogP contribution in [0.4, 0.5) is 0 Å². The number of thiazole rings is 1. The van der Waals surface area contributed by atoms with Gasteiger partial charge in [0.25, 0.3) is 5.91 Å². The molecule has 0 saturated carbocycles. The Morgan fingerprint density at radius 2 is 2.13 bits per heavy atom. The molecule has 0 aliphatic rings. The average Bonchev–Trinajstić information content (AvgIpc) is 3.15. The van der Waals surface area contributed by atoms with Gasteiger partial charge in [-0.2, -0.15) is 0 Å². The third-order valence-corrected chi connectivity index (χ3v) is 5.76. The first-order valence-electron chi connectivity index (χ1n) is 7.74. The summed E-state index contributed by atoms with van der Waals surface area (Å²) in [6, 6.07) is 8.53. The zero-order valence-electron chi connectivity index (χ0n) is 13.6. The van der Waals surface area contributed by atoms with Crippen molar-refractivity contribution in [2.24, 2.45) is 0 Å². The van der Waals surface area contributed by atoms with Gasteiger partial charge in [-0.3, -0.25) is 4.79 Å². The molecule has 3 nitrogen and oxygen atoms in total. The van der Waals surface area contributed by atoms with Gasteiger partial charge in [-0.15, -0.1) is 22.7 Å². The van der Waals surface area contributed by atoms with Gasteiger partial charge in [-0.1, -0.05) is 17.7 Å². The number of hydrogen-bond donors (Lipinski definition) is 0. The molecule has 0 aliphatic carbocycles. The summed E-state index contributed by atoms with van der Waals surface area (Å²) in [7, 11) is 0. The standard InChI is InChI=1S/C18H20N2OS2/c1-12(2)20(8-6-17-19-7-9-22-17)18(21)16-11-14-10-13(3)4-5-15(14)23-16/h4-5,7,9-12H,6,8H2,1-3H3. The summed E-state index contributed by atoms with van der Waals surface area (Å²) < 4.78 is 1.17. The van der Waals surface area contributed by atoms with Crippen molar-refractivity contribution in [2.45, 2.75) is 33.2 Å². The molecule has 0 N–H and O–H groups in total. The van der Waals surface area contributed by atoms with Crippen LogP contribution in [0.2, 0.25) is 0 Å². The molecule has 0 fully saturated rings. The monoisotopic (exact) mass is 344 g/mol. The number of benzene rings is 1.